The van der Waals surface area contributed by atoms with Gasteiger partial charge in [0, 0.05) is 51.4 Å². The van der Waals surface area contributed by atoms with Crippen LogP contribution in [0.4, 0.5) is 15.3 Å². The predicted molar refractivity (Wildman–Crippen MR) is 116 cm³/mol. The van der Waals surface area contributed by atoms with Gasteiger partial charge in [-0.15, -0.1) is 0 Å². The zero-order valence-electron chi connectivity index (χ0n) is 18.8. The van der Waals surface area contributed by atoms with Crippen molar-refractivity contribution in [3.8, 4) is 0 Å². The van der Waals surface area contributed by atoms with Crippen LogP contribution in [0.2, 0.25) is 0 Å². The molecule has 0 unspecified atom stereocenters. The third kappa shape index (κ3) is 5.57. The van der Waals surface area contributed by atoms with Crippen molar-refractivity contribution in [1.82, 2.24) is 20.0 Å². The number of fused-ring (bicyclic) bond motifs is 1. The SMILES string of the molecule is CC(C)(C)OC(=O)N1CCN(C(=O)NCCCN2C(=O)c3ccc([N+](=O)[O-])cc3C2=O)CC1. The second-order valence-corrected chi connectivity index (χ2v) is 8.79. The topological polar surface area (TPSA) is 142 Å². The molecule has 0 aromatic heterocycles. The Morgan fingerprint density at radius 1 is 1.06 bits per heavy atom. The number of nitro benzene ring substituents is 1. The van der Waals surface area contributed by atoms with Crippen LogP contribution in [0.3, 0.4) is 0 Å². The maximum Gasteiger partial charge on any atom is 0.410 e. The van der Waals surface area contributed by atoms with Crippen LogP contribution < -0.4 is 5.32 Å². The number of piperazine rings is 1. The van der Waals surface area contributed by atoms with E-state index in [1.54, 1.807) is 30.6 Å². The summed E-state index contributed by atoms with van der Waals surface area (Å²) in [5.74, 6) is -1.09. The minimum Gasteiger partial charge on any atom is -0.444 e. The molecule has 2 heterocycles. The third-order valence-electron chi connectivity index (χ3n) is 5.22. The maximum absolute atomic E-state index is 12.5. The number of carbonyl (C=O) groups excluding carboxylic acids is 4. The monoisotopic (exact) mass is 461 g/mol. The first-order chi connectivity index (χ1) is 15.5. The molecule has 0 atom stereocenters. The van der Waals surface area contributed by atoms with Gasteiger partial charge >= 0.3 is 12.1 Å². The number of ether oxygens (including phenoxy) is 1. The quantitative estimate of drug-likeness (QED) is 0.305. The van der Waals surface area contributed by atoms with Crippen LogP contribution in [0, 0.1) is 10.1 Å². The number of nitro groups is 1. The summed E-state index contributed by atoms with van der Waals surface area (Å²) >= 11 is 0. The number of hydrogen-bond acceptors (Lipinski definition) is 7. The summed E-state index contributed by atoms with van der Waals surface area (Å²) in [5.41, 5.74) is -0.686. The molecule has 0 saturated carbocycles. The summed E-state index contributed by atoms with van der Waals surface area (Å²) in [6, 6.07) is 3.29. The lowest BCUT2D eigenvalue weighted by Crippen LogP contribution is -2.54. The lowest BCUT2D eigenvalue weighted by molar-refractivity contribution is -0.384. The number of imide groups is 1. The first-order valence-corrected chi connectivity index (χ1v) is 10.6. The second kappa shape index (κ2) is 9.43. The van der Waals surface area contributed by atoms with E-state index in [1.807, 2.05) is 0 Å². The summed E-state index contributed by atoms with van der Waals surface area (Å²) in [5, 5.41) is 13.7. The smallest absolute Gasteiger partial charge is 0.410 e. The lowest BCUT2D eigenvalue weighted by Gasteiger charge is -2.35. The molecular formula is C21H27N5O7. The van der Waals surface area contributed by atoms with Gasteiger partial charge in [-0.3, -0.25) is 24.6 Å². The van der Waals surface area contributed by atoms with E-state index in [0.29, 0.717) is 32.6 Å². The molecule has 33 heavy (non-hydrogen) atoms. The van der Waals surface area contributed by atoms with E-state index in [4.69, 9.17) is 4.74 Å². The van der Waals surface area contributed by atoms with E-state index in [0.717, 1.165) is 11.0 Å². The number of carbonyl (C=O) groups is 4. The minimum absolute atomic E-state index is 0.0149. The highest BCUT2D eigenvalue weighted by Gasteiger charge is 2.36. The predicted octanol–water partition coefficient (Wildman–Crippen LogP) is 1.84. The fourth-order valence-electron chi connectivity index (χ4n) is 3.56. The molecule has 1 saturated heterocycles. The van der Waals surface area contributed by atoms with Gasteiger partial charge in [-0.2, -0.15) is 0 Å². The summed E-state index contributed by atoms with van der Waals surface area (Å²) in [7, 11) is 0. The summed E-state index contributed by atoms with van der Waals surface area (Å²) in [6.45, 7) is 7.14. The number of hydrogen-bond donors (Lipinski definition) is 1. The summed E-state index contributed by atoms with van der Waals surface area (Å²) < 4.78 is 5.33. The number of rotatable bonds is 5. The van der Waals surface area contributed by atoms with Gasteiger partial charge in [-0.05, 0) is 33.3 Å². The zero-order chi connectivity index (χ0) is 24.3. The lowest BCUT2D eigenvalue weighted by atomic mass is 10.1. The average Bonchev–Trinajstić information content (AvgIpc) is 2.99. The van der Waals surface area contributed by atoms with Gasteiger partial charge in [-0.25, -0.2) is 9.59 Å². The number of benzene rings is 1. The van der Waals surface area contributed by atoms with Gasteiger partial charge in [0.2, 0.25) is 0 Å². The van der Waals surface area contributed by atoms with E-state index >= 15 is 0 Å². The first-order valence-electron chi connectivity index (χ1n) is 10.6. The number of nitrogens with zero attached hydrogens (tertiary/aromatic N) is 4. The van der Waals surface area contributed by atoms with E-state index in [-0.39, 0.29) is 35.9 Å². The van der Waals surface area contributed by atoms with E-state index in [9.17, 15) is 29.3 Å². The number of urea groups is 1. The Kier molecular flexibility index (Phi) is 6.84. The largest absolute Gasteiger partial charge is 0.444 e. The van der Waals surface area contributed by atoms with E-state index in [1.165, 1.54) is 12.1 Å². The molecule has 5 amide bonds. The van der Waals surface area contributed by atoms with Crippen LogP contribution in [0.5, 0.6) is 0 Å². The van der Waals surface area contributed by atoms with Gasteiger partial charge in [0.05, 0.1) is 16.1 Å². The molecule has 1 fully saturated rings. The highest BCUT2D eigenvalue weighted by molar-refractivity contribution is 6.21. The van der Waals surface area contributed by atoms with Crippen LogP contribution in [0.1, 0.15) is 47.9 Å². The van der Waals surface area contributed by atoms with Crippen LogP contribution >= 0.6 is 0 Å². The van der Waals surface area contributed by atoms with Crippen LogP contribution in [0.25, 0.3) is 0 Å². The molecule has 1 N–H and O–H groups in total. The Morgan fingerprint density at radius 2 is 1.67 bits per heavy atom. The molecular weight excluding hydrogens is 434 g/mol. The summed E-state index contributed by atoms with van der Waals surface area (Å²) in [6.07, 6.45) is -0.0780. The summed E-state index contributed by atoms with van der Waals surface area (Å²) in [4.78, 5) is 63.8. The van der Waals surface area contributed by atoms with Gasteiger partial charge in [0.1, 0.15) is 5.60 Å². The van der Waals surface area contributed by atoms with Crippen LogP contribution in [0.15, 0.2) is 18.2 Å². The normalized spacial score (nSPS) is 16.0. The Morgan fingerprint density at radius 3 is 2.27 bits per heavy atom. The number of non-ortho nitro benzene ring substituents is 1. The molecule has 2 aliphatic rings. The molecule has 2 aliphatic heterocycles. The molecule has 0 spiro atoms. The van der Waals surface area contributed by atoms with Crippen molar-refractivity contribution < 1.29 is 28.8 Å². The van der Waals surface area contributed by atoms with Gasteiger partial charge in [0.15, 0.2) is 0 Å². The third-order valence-corrected chi connectivity index (χ3v) is 5.22. The highest BCUT2D eigenvalue weighted by atomic mass is 16.6. The Hall–Kier alpha value is -3.70. The van der Waals surface area contributed by atoms with Gasteiger partial charge < -0.3 is 19.9 Å². The first kappa shape index (κ1) is 24.0. The minimum atomic E-state index is -0.621. The fraction of sp³-hybridized carbons (Fsp3) is 0.524. The Labute approximate surface area is 190 Å². The van der Waals surface area contributed by atoms with Gasteiger partial charge in [-0.1, -0.05) is 0 Å². The second-order valence-electron chi connectivity index (χ2n) is 8.79. The van der Waals surface area contributed by atoms with Crippen molar-refractivity contribution in [1.29, 1.82) is 0 Å². The Balaban J connectivity index is 1.42. The number of amides is 5. The molecule has 0 bridgehead atoms. The molecule has 3 rings (SSSR count). The molecule has 1 aromatic carbocycles. The van der Waals surface area contributed by atoms with Crippen LogP contribution in [-0.2, 0) is 4.74 Å². The molecule has 0 aliphatic carbocycles. The molecule has 178 valence electrons. The standard InChI is InChI=1S/C21H27N5O7/c1-21(2,3)33-20(30)24-11-9-23(10-12-24)19(29)22-7-4-8-25-17(27)15-6-5-14(26(31)32)13-16(15)18(25)28/h5-6,13H,4,7-12H2,1-3H3,(H,22,29). The van der Waals surface area contributed by atoms with Gasteiger partial charge in [0.25, 0.3) is 17.5 Å². The van der Waals surface area contributed by atoms with E-state index in [2.05, 4.69) is 5.32 Å². The Bertz CT molecular complexity index is 980. The molecule has 12 nitrogen and oxygen atoms in total. The number of nitrogens with one attached hydrogen (secondary N) is 1. The van der Waals surface area contributed by atoms with Crippen molar-refractivity contribution in [2.45, 2.75) is 32.8 Å². The maximum atomic E-state index is 12.5. The molecule has 12 heteroatoms. The highest BCUT2D eigenvalue weighted by Crippen LogP contribution is 2.26. The van der Waals surface area contributed by atoms with Crippen molar-refractivity contribution in [3.63, 3.8) is 0 Å². The fourth-order valence-corrected chi connectivity index (χ4v) is 3.56. The zero-order valence-corrected chi connectivity index (χ0v) is 18.8. The van der Waals surface area contributed by atoms with Crippen molar-refractivity contribution >= 4 is 29.6 Å². The van der Waals surface area contributed by atoms with E-state index < -0.39 is 28.4 Å². The van der Waals surface area contributed by atoms with Crippen LogP contribution in [-0.4, -0.2) is 88.4 Å². The molecule has 0 radical (unpaired) electrons. The molecule has 1 aromatic rings. The van der Waals surface area contributed by atoms with Crippen molar-refractivity contribution in [2.75, 3.05) is 39.3 Å². The average molecular weight is 461 g/mol. The van der Waals surface area contributed by atoms with Crippen molar-refractivity contribution in [2.24, 2.45) is 0 Å². The van der Waals surface area contributed by atoms with Crippen molar-refractivity contribution in [3.05, 3.63) is 39.4 Å².